The van der Waals surface area contributed by atoms with Crippen molar-refractivity contribution in [1.29, 1.82) is 0 Å². The fourth-order valence-electron chi connectivity index (χ4n) is 2.83. The van der Waals surface area contributed by atoms with Crippen molar-refractivity contribution >= 4 is 5.97 Å². The molecule has 4 heteroatoms. The molecule has 126 valence electrons. The van der Waals surface area contributed by atoms with E-state index in [0.29, 0.717) is 0 Å². The summed E-state index contributed by atoms with van der Waals surface area (Å²) in [5, 5.41) is 7.00. The Balaban J connectivity index is 0.00000102. The molecule has 1 N–H and O–H groups in total. The van der Waals surface area contributed by atoms with Crippen LogP contribution in [0.2, 0.25) is 0 Å². The van der Waals surface area contributed by atoms with Gasteiger partial charge in [0.05, 0.1) is 12.5 Å². The van der Waals surface area contributed by atoms with Gasteiger partial charge in [-0.25, -0.2) is 0 Å². The summed E-state index contributed by atoms with van der Waals surface area (Å²) in [4.78, 5) is 14.6. The van der Waals surface area contributed by atoms with Crippen molar-refractivity contribution in [2.24, 2.45) is 0 Å². The molecule has 1 aromatic rings. The molecule has 4 nitrogen and oxygen atoms in total. The molecule has 0 aromatic heterocycles. The number of esters is 1. The largest absolute Gasteiger partial charge is 0.468 e. The average Bonchev–Trinajstić information content (AvgIpc) is 2.81. The fraction of sp³-hybridized carbons (Fsp3) is 0.611. The van der Waals surface area contributed by atoms with Gasteiger partial charge in [-0.05, 0) is 45.0 Å². The second-order valence-corrected chi connectivity index (χ2v) is 5.10. The Labute approximate surface area is 135 Å². The SMILES string of the molecule is CC.CO.COC(=O)C1(c2ccccc2)CCCN(C)CC1. The van der Waals surface area contributed by atoms with Crippen LogP contribution in [0, 0.1) is 0 Å². The molecular formula is C18H31NO3. The standard InChI is InChI=1S/C15H21NO2.C2H6.CH4O/c1-16-11-6-9-15(10-12-16,14(17)18-2)13-7-4-3-5-8-13;2*1-2/h3-5,7-8H,6,9-12H2,1-2H3;1-2H3;2H,1H3. The lowest BCUT2D eigenvalue weighted by Gasteiger charge is -2.30. The maximum atomic E-state index is 12.3. The summed E-state index contributed by atoms with van der Waals surface area (Å²) in [7, 11) is 4.60. The van der Waals surface area contributed by atoms with Gasteiger partial charge in [0, 0.05) is 7.11 Å². The zero-order chi connectivity index (χ0) is 17.0. The number of aliphatic hydroxyl groups excluding tert-OH is 1. The van der Waals surface area contributed by atoms with Gasteiger partial charge in [-0.2, -0.15) is 0 Å². The number of hydrogen-bond acceptors (Lipinski definition) is 4. The zero-order valence-electron chi connectivity index (χ0n) is 14.6. The first-order valence-electron chi connectivity index (χ1n) is 7.96. The monoisotopic (exact) mass is 309 g/mol. The number of carbonyl (C=O) groups is 1. The first-order valence-corrected chi connectivity index (χ1v) is 7.96. The van der Waals surface area contributed by atoms with Gasteiger partial charge in [-0.1, -0.05) is 44.2 Å². The number of likely N-dealkylation sites (tertiary alicyclic amines) is 1. The smallest absolute Gasteiger partial charge is 0.316 e. The van der Waals surface area contributed by atoms with Gasteiger partial charge in [-0.3, -0.25) is 4.79 Å². The Morgan fingerprint density at radius 1 is 1.14 bits per heavy atom. The maximum absolute atomic E-state index is 12.3. The van der Waals surface area contributed by atoms with E-state index in [2.05, 4.69) is 11.9 Å². The molecule has 22 heavy (non-hydrogen) atoms. The van der Waals surface area contributed by atoms with E-state index in [-0.39, 0.29) is 5.97 Å². The second kappa shape index (κ2) is 11.2. The van der Waals surface area contributed by atoms with E-state index < -0.39 is 5.41 Å². The molecule has 2 rings (SSSR count). The Bertz CT molecular complexity index is 408. The van der Waals surface area contributed by atoms with Gasteiger partial charge in [-0.15, -0.1) is 0 Å². The summed E-state index contributed by atoms with van der Waals surface area (Å²) in [5.41, 5.74) is 0.632. The summed E-state index contributed by atoms with van der Waals surface area (Å²) >= 11 is 0. The predicted octanol–water partition coefficient (Wildman–Crippen LogP) is 2.85. The van der Waals surface area contributed by atoms with Crippen LogP contribution in [0.1, 0.15) is 38.7 Å². The van der Waals surface area contributed by atoms with Crippen LogP contribution < -0.4 is 0 Å². The van der Waals surface area contributed by atoms with Crippen molar-refractivity contribution in [3.8, 4) is 0 Å². The minimum absolute atomic E-state index is 0.0935. The third-order valence-electron chi connectivity index (χ3n) is 3.97. The summed E-state index contributed by atoms with van der Waals surface area (Å²) in [6.07, 6.45) is 2.73. The molecule has 1 unspecified atom stereocenters. The lowest BCUT2D eigenvalue weighted by Crippen LogP contribution is -2.38. The number of ether oxygens (including phenoxy) is 1. The van der Waals surface area contributed by atoms with Crippen molar-refractivity contribution in [2.45, 2.75) is 38.5 Å². The quantitative estimate of drug-likeness (QED) is 0.854. The van der Waals surface area contributed by atoms with Crippen LogP contribution in [0.25, 0.3) is 0 Å². The van der Waals surface area contributed by atoms with Gasteiger partial charge in [0.15, 0.2) is 0 Å². The number of hydrogen-bond donors (Lipinski definition) is 1. The molecule has 1 aliphatic rings. The van der Waals surface area contributed by atoms with Crippen LogP contribution in [0.3, 0.4) is 0 Å². The van der Waals surface area contributed by atoms with Gasteiger partial charge >= 0.3 is 5.97 Å². The lowest BCUT2D eigenvalue weighted by molar-refractivity contribution is -0.148. The molecule has 1 atom stereocenters. The molecule has 0 radical (unpaired) electrons. The van der Waals surface area contributed by atoms with Crippen molar-refractivity contribution in [3.05, 3.63) is 35.9 Å². The van der Waals surface area contributed by atoms with E-state index in [1.807, 2.05) is 44.2 Å². The Morgan fingerprint density at radius 2 is 1.73 bits per heavy atom. The zero-order valence-corrected chi connectivity index (χ0v) is 14.6. The maximum Gasteiger partial charge on any atom is 0.316 e. The summed E-state index contributed by atoms with van der Waals surface area (Å²) in [5.74, 6) is -0.0935. The number of rotatable bonds is 2. The lowest BCUT2D eigenvalue weighted by atomic mass is 9.74. The first kappa shape index (κ1) is 20.6. The van der Waals surface area contributed by atoms with Gasteiger partial charge in [0.25, 0.3) is 0 Å². The van der Waals surface area contributed by atoms with Crippen LogP contribution in [0.5, 0.6) is 0 Å². The number of aliphatic hydroxyl groups is 1. The van der Waals surface area contributed by atoms with Crippen LogP contribution in [-0.4, -0.2) is 50.3 Å². The van der Waals surface area contributed by atoms with Crippen LogP contribution in [0.4, 0.5) is 0 Å². The molecule has 0 amide bonds. The Morgan fingerprint density at radius 3 is 2.27 bits per heavy atom. The summed E-state index contributed by atoms with van der Waals surface area (Å²) < 4.78 is 5.08. The third kappa shape index (κ3) is 5.11. The van der Waals surface area contributed by atoms with Gasteiger partial charge in [0.2, 0.25) is 0 Å². The normalized spacial score (nSPS) is 21.4. The predicted molar refractivity (Wildman–Crippen MR) is 91.0 cm³/mol. The van der Waals surface area contributed by atoms with Crippen molar-refractivity contribution in [1.82, 2.24) is 4.90 Å². The number of carbonyl (C=O) groups excluding carboxylic acids is 1. The highest BCUT2D eigenvalue weighted by Crippen LogP contribution is 2.36. The van der Waals surface area contributed by atoms with Crippen molar-refractivity contribution < 1.29 is 14.6 Å². The topological polar surface area (TPSA) is 49.8 Å². The molecule has 1 saturated heterocycles. The van der Waals surface area contributed by atoms with Crippen LogP contribution in [-0.2, 0) is 14.9 Å². The van der Waals surface area contributed by atoms with Crippen molar-refractivity contribution in [2.75, 3.05) is 34.4 Å². The van der Waals surface area contributed by atoms with E-state index in [1.165, 1.54) is 7.11 Å². The number of methoxy groups -OCH3 is 1. The average molecular weight is 309 g/mol. The van der Waals surface area contributed by atoms with Gasteiger partial charge in [0.1, 0.15) is 0 Å². The fourth-order valence-corrected chi connectivity index (χ4v) is 2.83. The highest BCUT2D eigenvalue weighted by Gasteiger charge is 2.41. The molecule has 1 aromatic carbocycles. The second-order valence-electron chi connectivity index (χ2n) is 5.10. The highest BCUT2D eigenvalue weighted by atomic mass is 16.5. The van der Waals surface area contributed by atoms with Gasteiger partial charge < -0.3 is 14.7 Å². The molecular weight excluding hydrogens is 278 g/mol. The Hall–Kier alpha value is -1.39. The summed E-state index contributed by atoms with van der Waals surface area (Å²) in [6.45, 7) is 5.98. The number of nitrogens with zero attached hydrogens (tertiary/aromatic N) is 1. The molecule has 0 bridgehead atoms. The van der Waals surface area contributed by atoms with E-state index in [4.69, 9.17) is 9.84 Å². The van der Waals surface area contributed by atoms with E-state index >= 15 is 0 Å². The van der Waals surface area contributed by atoms with E-state index in [0.717, 1.165) is 45.0 Å². The minimum Gasteiger partial charge on any atom is -0.468 e. The van der Waals surface area contributed by atoms with Crippen molar-refractivity contribution in [3.63, 3.8) is 0 Å². The van der Waals surface area contributed by atoms with E-state index in [9.17, 15) is 4.79 Å². The molecule has 0 saturated carbocycles. The highest BCUT2D eigenvalue weighted by molar-refractivity contribution is 5.83. The molecule has 0 aliphatic carbocycles. The molecule has 0 spiro atoms. The summed E-state index contributed by atoms with van der Waals surface area (Å²) in [6, 6.07) is 10.1. The Kier molecular flexibility index (Phi) is 10.5. The van der Waals surface area contributed by atoms with E-state index in [1.54, 1.807) is 0 Å². The molecule has 1 heterocycles. The van der Waals surface area contributed by atoms with Crippen LogP contribution >= 0.6 is 0 Å². The molecule has 1 fully saturated rings. The minimum atomic E-state index is -0.458. The first-order chi connectivity index (χ1) is 10.7. The third-order valence-corrected chi connectivity index (χ3v) is 3.97. The van der Waals surface area contributed by atoms with Crippen LogP contribution in [0.15, 0.2) is 30.3 Å². The molecule has 1 aliphatic heterocycles. The number of benzene rings is 1.